The molecule has 0 aliphatic carbocycles. The van der Waals surface area contributed by atoms with Crippen molar-refractivity contribution in [1.82, 2.24) is 9.80 Å². The largest absolute Gasteiger partial charge is 0.481 e. The molecule has 4 rings (SSSR count). The fourth-order valence-corrected chi connectivity index (χ4v) is 4.16. The number of aliphatic carboxylic acids is 1. The first-order chi connectivity index (χ1) is 13.1. The molecule has 0 radical (unpaired) electrons. The van der Waals surface area contributed by atoms with Crippen LogP contribution < -0.4 is 0 Å². The third-order valence-electron chi connectivity index (χ3n) is 5.63. The molecule has 0 saturated carbocycles. The normalized spacial score (nSPS) is 30.3. The van der Waals surface area contributed by atoms with E-state index in [2.05, 4.69) is 29.2 Å². The average Bonchev–Trinajstić information content (AvgIpc) is 3.30. The first-order valence-electron chi connectivity index (χ1n) is 9.43. The maximum absolute atomic E-state index is 12.9. The number of hydrogen-bond acceptors (Lipinski definition) is 4. The number of hydrogen-bond donors (Lipinski definition) is 1. The van der Waals surface area contributed by atoms with Crippen LogP contribution >= 0.6 is 0 Å². The third-order valence-corrected chi connectivity index (χ3v) is 5.63. The summed E-state index contributed by atoms with van der Waals surface area (Å²) < 4.78 is 5.63. The minimum absolute atomic E-state index is 0.0845. The van der Waals surface area contributed by atoms with Gasteiger partial charge in [-0.2, -0.15) is 0 Å². The van der Waals surface area contributed by atoms with Gasteiger partial charge in [-0.25, -0.2) is 0 Å². The van der Waals surface area contributed by atoms with Crippen LogP contribution in [0, 0.1) is 11.8 Å². The van der Waals surface area contributed by atoms with Crippen molar-refractivity contribution in [2.45, 2.75) is 12.2 Å². The number of ether oxygens (including phenoxy) is 1. The molecule has 142 valence electrons. The molecule has 3 aliphatic heterocycles. The molecule has 6 heteroatoms. The molecule has 1 aromatic rings. The molecule has 6 nitrogen and oxygen atoms in total. The summed E-state index contributed by atoms with van der Waals surface area (Å²) in [6.07, 6.45) is 6.98. The molecule has 27 heavy (non-hydrogen) atoms. The molecule has 2 saturated heterocycles. The van der Waals surface area contributed by atoms with E-state index in [1.54, 1.807) is 11.0 Å². The minimum atomic E-state index is -0.949. The first kappa shape index (κ1) is 17.9. The maximum atomic E-state index is 12.9. The standard InChI is InChI=1S/C21H24N2O4/c24-20(18-16-8-9-17(27-16)19(18)21(25)26)23-13-11-22(12-14-23)10-4-7-15-5-2-1-3-6-15/h1-9,16-19H,10-14H2,(H,25,26)/b7-4+/t16-,17-,18-,19-/m1/s1. The molecule has 2 fully saturated rings. The van der Waals surface area contributed by atoms with Crippen LogP contribution in [0.1, 0.15) is 5.56 Å². The molecule has 2 bridgehead atoms. The Hall–Kier alpha value is -2.44. The highest BCUT2D eigenvalue weighted by atomic mass is 16.5. The maximum Gasteiger partial charge on any atom is 0.310 e. The Kier molecular flexibility index (Phi) is 5.09. The highest BCUT2D eigenvalue weighted by Gasteiger charge is 2.54. The second kappa shape index (κ2) is 7.66. The number of carboxylic acids is 1. The molecule has 1 aromatic carbocycles. The molecule has 4 atom stereocenters. The van der Waals surface area contributed by atoms with Crippen LogP contribution in [0.3, 0.4) is 0 Å². The van der Waals surface area contributed by atoms with Gasteiger partial charge in [-0.3, -0.25) is 14.5 Å². The third kappa shape index (κ3) is 3.68. The predicted octanol–water partition coefficient (Wildman–Crippen LogP) is 1.50. The Balaban J connectivity index is 1.30. The van der Waals surface area contributed by atoms with Gasteiger partial charge in [-0.15, -0.1) is 0 Å². The van der Waals surface area contributed by atoms with Gasteiger partial charge in [0.15, 0.2) is 0 Å². The van der Waals surface area contributed by atoms with Gasteiger partial charge in [0.2, 0.25) is 5.91 Å². The van der Waals surface area contributed by atoms with Crippen molar-refractivity contribution < 1.29 is 19.4 Å². The van der Waals surface area contributed by atoms with Crippen LogP contribution in [0.25, 0.3) is 6.08 Å². The van der Waals surface area contributed by atoms with Crippen molar-refractivity contribution in [1.29, 1.82) is 0 Å². The van der Waals surface area contributed by atoms with Crippen LogP contribution in [0.2, 0.25) is 0 Å². The van der Waals surface area contributed by atoms with Crippen LogP contribution in [0.15, 0.2) is 48.6 Å². The predicted molar refractivity (Wildman–Crippen MR) is 101 cm³/mol. The number of rotatable bonds is 5. The summed E-state index contributed by atoms with van der Waals surface area (Å²) in [5.41, 5.74) is 1.18. The summed E-state index contributed by atoms with van der Waals surface area (Å²) in [7, 11) is 0. The van der Waals surface area contributed by atoms with Gasteiger partial charge in [0.1, 0.15) is 5.92 Å². The molecule has 1 amide bonds. The number of piperazine rings is 1. The lowest BCUT2D eigenvalue weighted by Gasteiger charge is -2.36. The van der Waals surface area contributed by atoms with Crippen molar-refractivity contribution >= 4 is 18.0 Å². The van der Waals surface area contributed by atoms with Crippen molar-refractivity contribution in [3.05, 3.63) is 54.1 Å². The van der Waals surface area contributed by atoms with Crippen molar-refractivity contribution in [3.8, 4) is 0 Å². The van der Waals surface area contributed by atoms with Crippen molar-refractivity contribution in [2.24, 2.45) is 11.8 Å². The highest BCUT2D eigenvalue weighted by molar-refractivity contribution is 5.87. The topological polar surface area (TPSA) is 70.1 Å². The van der Waals surface area contributed by atoms with Crippen LogP contribution in [-0.2, 0) is 14.3 Å². The van der Waals surface area contributed by atoms with Crippen LogP contribution in [0.4, 0.5) is 0 Å². The lowest BCUT2D eigenvalue weighted by atomic mass is 9.82. The Morgan fingerprint density at radius 2 is 1.70 bits per heavy atom. The summed E-state index contributed by atoms with van der Waals surface area (Å²) in [5, 5.41) is 9.49. The summed E-state index contributed by atoms with van der Waals surface area (Å²) in [6, 6.07) is 10.2. The van der Waals surface area contributed by atoms with E-state index in [-0.39, 0.29) is 5.91 Å². The zero-order chi connectivity index (χ0) is 18.8. The van der Waals surface area contributed by atoms with Gasteiger partial charge >= 0.3 is 5.97 Å². The Morgan fingerprint density at radius 3 is 2.37 bits per heavy atom. The molecule has 3 aliphatic rings. The van der Waals surface area contributed by atoms with Crippen LogP contribution in [-0.4, -0.2) is 71.7 Å². The van der Waals surface area contributed by atoms with E-state index < -0.39 is 30.0 Å². The van der Waals surface area contributed by atoms with E-state index in [0.717, 1.165) is 19.6 Å². The second-order valence-corrected chi connectivity index (χ2v) is 7.28. The van der Waals surface area contributed by atoms with Gasteiger partial charge < -0.3 is 14.7 Å². The molecule has 0 unspecified atom stereocenters. The number of amides is 1. The molecule has 1 N–H and O–H groups in total. The summed E-state index contributed by atoms with van der Waals surface area (Å²) >= 11 is 0. The summed E-state index contributed by atoms with van der Waals surface area (Å²) in [6.45, 7) is 3.68. The van der Waals surface area contributed by atoms with E-state index in [1.165, 1.54) is 5.56 Å². The lowest BCUT2D eigenvalue weighted by Crippen LogP contribution is -2.52. The zero-order valence-electron chi connectivity index (χ0n) is 15.1. The summed E-state index contributed by atoms with van der Waals surface area (Å²) in [4.78, 5) is 28.6. The number of carboxylic acid groups (broad SMARTS) is 1. The zero-order valence-corrected chi connectivity index (χ0v) is 15.1. The first-order valence-corrected chi connectivity index (χ1v) is 9.43. The number of nitrogens with zero attached hydrogens (tertiary/aromatic N) is 2. The van der Waals surface area contributed by atoms with Crippen molar-refractivity contribution in [3.63, 3.8) is 0 Å². The Morgan fingerprint density at radius 1 is 1.04 bits per heavy atom. The SMILES string of the molecule is O=C(O)[C@H]1[C@H](C(=O)N2CCN(C/C=C/c3ccccc3)CC2)[C@H]2C=C[C@H]1O2. The minimum Gasteiger partial charge on any atom is -0.481 e. The van der Waals surface area contributed by atoms with Crippen LogP contribution in [0.5, 0.6) is 0 Å². The fourth-order valence-electron chi connectivity index (χ4n) is 4.16. The van der Waals surface area contributed by atoms with Gasteiger partial charge in [0.05, 0.1) is 18.1 Å². The quantitative estimate of drug-likeness (QED) is 0.798. The monoisotopic (exact) mass is 368 g/mol. The van der Waals surface area contributed by atoms with Gasteiger partial charge in [-0.05, 0) is 5.56 Å². The average molecular weight is 368 g/mol. The highest BCUT2D eigenvalue weighted by Crippen LogP contribution is 2.40. The molecular weight excluding hydrogens is 344 g/mol. The Labute approximate surface area is 158 Å². The van der Waals surface area contributed by atoms with E-state index in [4.69, 9.17) is 4.74 Å². The lowest BCUT2D eigenvalue weighted by molar-refractivity contribution is -0.150. The van der Waals surface area contributed by atoms with E-state index in [9.17, 15) is 14.7 Å². The van der Waals surface area contributed by atoms with E-state index in [1.807, 2.05) is 24.3 Å². The van der Waals surface area contributed by atoms with E-state index in [0.29, 0.717) is 13.1 Å². The molecule has 0 aromatic heterocycles. The van der Waals surface area contributed by atoms with Crippen molar-refractivity contribution in [2.75, 3.05) is 32.7 Å². The summed E-state index contributed by atoms with van der Waals surface area (Å²) in [5.74, 6) is -2.39. The molecular formula is C21H24N2O4. The van der Waals surface area contributed by atoms with Gasteiger partial charge in [0.25, 0.3) is 0 Å². The smallest absolute Gasteiger partial charge is 0.310 e. The molecule has 3 heterocycles. The fraction of sp³-hybridized carbons (Fsp3) is 0.429. The van der Waals surface area contributed by atoms with E-state index >= 15 is 0 Å². The number of carbonyl (C=O) groups is 2. The number of carbonyl (C=O) groups excluding carboxylic acids is 1. The molecule has 0 spiro atoms. The van der Waals surface area contributed by atoms with Gasteiger partial charge in [0, 0.05) is 32.7 Å². The number of benzene rings is 1. The Bertz CT molecular complexity index is 753. The number of fused-ring (bicyclic) bond motifs is 2. The second-order valence-electron chi connectivity index (χ2n) is 7.28. The van der Waals surface area contributed by atoms with Gasteiger partial charge in [-0.1, -0.05) is 54.6 Å².